The van der Waals surface area contributed by atoms with Gasteiger partial charge in [-0.15, -0.1) is 0 Å². The van der Waals surface area contributed by atoms with E-state index in [-0.39, 0.29) is 13.2 Å². The molecule has 0 aromatic heterocycles. The number of nitrogens with zero attached hydrogens (tertiary/aromatic N) is 1. The number of ether oxygens (including phenoxy) is 1. The van der Waals surface area contributed by atoms with Gasteiger partial charge in [-0.05, 0) is 36.4 Å². The summed E-state index contributed by atoms with van der Waals surface area (Å²) in [6.45, 7) is 0.131. The Morgan fingerprint density at radius 3 is 2.50 bits per heavy atom. The zero-order valence-electron chi connectivity index (χ0n) is 12.7. The zero-order chi connectivity index (χ0) is 17.1. The predicted octanol–water partition coefficient (Wildman–Crippen LogP) is 2.74. The summed E-state index contributed by atoms with van der Waals surface area (Å²) in [5.74, 6) is -0.597. The molecule has 1 aliphatic heterocycles. The van der Waals surface area contributed by atoms with Crippen LogP contribution in [0.5, 0.6) is 5.75 Å². The summed E-state index contributed by atoms with van der Waals surface area (Å²) >= 11 is 0. The third-order valence-electron chi connectivity index (χ3n) is 3.72. The molecule has 0 saturated heterocycles. The Labute approximate surface area is 138 Å². The lowest BCUT2D eigenvalue weighted by molar-refractivity contribution is -0.113. The maximum absolute atomic E-state index is 12.5. The van der Waals surface area contributed by atoms with Gasteiger partial charge >= 0.3 is 5.91 Å². The third-order valence-corrected chi connectivity index (χ3v) is 3.72. The van der Waals surface area contributed by atoms with Crippen LogP contribution in [-0.4, -0.2) is 24.8 Å². The Morgan fingerprint density at radius 1 is 1.12 bits per heavy atom. The molecule has 0 saturated carbocycles. The second kappa shape index (κ2) is 6.64. The van der Waals surface area contributed by atoms with Gasteiger partial charge in [0.05, 0.1) is 17.6 Å². The predicted molar refractivity (Wildman–Crippen MR) is 88.1 cm³/mol. The van der Waals surface area contributed by atoms with Gasteiger partial charge in [-0.25, -0.2) is 4.39 Å². The highest BCUT2D eigenvalue weighted by atomic mass is 19.1. The van der Waals surface area contributed by atoms with E-state index in [1.165, 1.54) is 4.90 Å². The Hall–Kier alpha value is -2.99. The van der Waals surface area contributed by atoms with Crippen molar-refractivity contribution in [2.45, 2.75) is 0 Å². The van der Waals surface area contributed by atoms with E-state index in [9.17, 15) is 14.0 Å². The summed E-state index contributed by atoms with van der Waals surface area (Å²) in [5, 5.41) is 0. The Kier molecular flexibility index (Phi) is 4.39. The lowest BCUT2D eigenvalue weighted by Gasteiger charge is -2.17. The minimum atomic E-state index is -0.587. The van der Waals surface area contributed by atoms with Crippen LogP contribution in [0, 0.1) is 0 Å². The standard InChI is InChI=1S/C18H15FN2O3/c19-9-12(10-20)11-24-14-7-5-13(6-8-14)21-16-4-2-1-3-15(16)17(22)18(21)23/h1-9H,10-11,20H2/b12-9+. The number of ketones is 1. The molecule has 0 fully saturated rings. The van der Waals surface area contributed by atoms with Gasteiger partial charge in [0.15, 0.2) is 0 Å². The van der Waals surface area contributed by atoms with E-state index in [1.807, 2.05) is 0 Å². The van der Waals surface area contributed by atoms with Crippen LogP contribution in [-0.2, 0) is 4.79 Å². The van der Waals surface area contributed by atoms with Crippen molar-refractivity contribution in [3.63, 3.8) is 0 Å². The van der Waals surface area contributed by atoms with Crippen LogP contribution in [0.25, 0.3) is 0 Å². The molecule has 1 amide bonds. The molecule has 122 valence electrons. The second-order valence-corrected chi connectivity index (χ2v) is 5.24. The smallest absolute Gasteiger partial charge is 0.304 e. The summed E-state index contributed by atoms with van der Waals surface area (Å²) in [5.41, 5.74) is 7.22. The molecular formula is C18H15FN2O3. The summed E-state index contributed by atoms with van der Waals surface area (Å²) in [6, 6.07) is 13.5. The average molecular weight is 326 g/mol. The van der Waals surface area contributed by atoms with E-state index in [0.29, 0.717) is 34.6 Å². The Balaban J connectivity index is 1.82. The number of fused-ring (bicyclic) bond motifs is 1. The van der Waals surface area contributed by atoms with E-state index in [2.05, 4.69) is 0 Å². The number of anilines is 2. The fourth-order valence-corrected chi connectivity index (χ4v) is 2.45. The lowest BCUT2D eigenvalue weighted by Crippen LogP contribution is -2.24. The normalized spacial score (nSPS) is 14.1. The minimum Gasteiger partial charge on any atom is -0.489 e. The van der Waals surface area contributed by atoms with Gasteiger partial charge in [-0.2, -0.15) is 0 Å². The second-order valence-electron chi connectivity index (χ2n) is 5.24. The number of carbonyl (C=O) groups excluding carboxylic acids is 2. The van der Waals surface area contributed by atoms with E-state index >= 15 is 0 Å². The number of rotatable bonds is 5. The number of benzene rings is 2. The van der Waals surface area contributed by atoms with Crippen molar-refractivity contribution >= 4 is 23.1 Å². The molecule has 5 nitrogen and oxygen atoms in total. The van der Waals surface area contributed by atoms with Gasteiger partial charge in [0.2, 0.25) is 0 Å². The monoisotopic (exact) mass is 326 g/mol. The molecule has 2 aromatic carbocycles. The molecule has 2 N–H and O–H groups in total. The zero-order valence-corrected chi connectivity index (χ0v) is 12.7. The van der Waals surface area contributed by atoms with Crippen molar-refractivity contribution in [3.05, 3.63) is 66.0 Å². The summed E-state index contributed by atoms with van der Waals surface area (Å²) in [7, 11) is 0. The number of carbonyl (C=O) groups is 2. The van der Waals surface area contributed by atoms with Gasteiger partial charge in [0.1, 0.15) is 12.4 Å². The average Bonchev–Trinajstić information content (AvgIpc) is 2.88. The minimum absolute atomic E-state index is 0.0519. The number of para-hydroxylation sites is 1. The summed E-state index contributed by atoms with van der Waals surface area (Å²) in [4.78, 5) is 25.6. The highest BCUT2D eigenvalue weighted by Crippen LogP contribution is 2.35. The van der Waals surface area contributed by atoms with Crippen LogP contribution in [0.2, 0.25) is 0 Å². The van der Waals surface area contributed by atoms with Crippen LogP contribution in [0.3, 0.4) is 0 Å². The van der Waals surface area contributed by atoms with Gasteiger partial charge in [0, 0.05) is 17.8 Å². The van der Waals surface area contributed by atoms with Crippen molar-refractivity contribution in [3.8, 4) is 5.75 Å². The van der Waals surface area contributed by atoms with Crippen LogP contribution in [0.4, 0.5) is 15.8 Å². The van der Waals surface area contributed by atoms with Crippen molar-refractivity contribution in [1.29, 1.82) is 0 Å². The highest BCUT2D eigenvalue weighted by molar-refractivity contribution is 6.53. The molecule has 1 aliphatic rings. The molecule has 24 heavy (non-hydrogen) atoms. The highest BCUT2D eigenvalue weighted by Gasteiger charge is 2.36. The van der Waals surface area contributed by atoms with Crippen LogP contribution in [0.15, 0.2) is 60.4 Å². The van der Waals surface area contributed by atoms with E-state index in [1.54, 1.807) is 48.5 Å². The SMILES string of the molecule is NC/C(=C\F)COc1ccc(N2C(=O)C(=O)c3ccccc32)cc1. The number of hydrogen-bond acceptors (Lipinski definition) is 4. The number of halogens is 1. The molecular weight excluding hydrogens is 311 g/mol. The van der Waals surface area contributed by atoms with Crippen molar-refractivity contribution in [1.82, 2.24) is 0 Å². The molecule has 6 heteroatoms. The quantitative estimate of drug-likeness (QED) is 0.858. The molecule has 3 rings (SSSR count). The summed E-state index contributed by atoms with van der Waals surface area (Å²) in [6.07, 6.45) is 0.430. The molecule has 0 aliphatic carbocycles. The van der Waals surface area contributed by atoms with Crippen molar-refractivity contribution in [2.75, 3.05) is 18.1 Å². The Bertz CT molecular complexity index is 815. The van der Waals surface area contributed by atoms with Gasteiger partial charge in [-0.3, -0.25) is 14.5 Å². The maximum atomic E-state index is 12.5. The van der Waals surface area contributed by atoms with E-state index in [4.69, 9.17) is 10.5 Å². The van der Waals surface area contributed by atoms with Crippen LogP contribution in [0.1, 0.15) is 10.4 Å². The molecule has 2 aromatic rings. The molecule has 0 unspecified atom stereocenters. The molecule has 0 bridgehead atoms. The number of nitrogens with two attached hydrogens (primary N) is 1. The first kappa shape index (κ1) is 15.9. The maximum Gasteiger partial charge on any atom is 0.304 e. The van der Waals surface area contributed by atoms with Crippen LogP contribution < -0.4 is 15.4 Å². The fourth-order valence-electron chi connectivity index (χ4n) is 2.45. The molecule has 0 spiro atoms. The van der Waals surface area contributed by atoms with E-state index < -0.39 is 11.7 Å². The first-order valence-electron chi connectivity index (χ1n) is 7.34. The molecule has 0 radical (unpaired) electrons. The summed E-state index contributed by atoms with van der Waals surface area (Å²) < 4.78 is 17.9. The van der Waals surface area contributed by atoms with E-state index in [0.717, 1.165) is 0 Å². The number of amides is 1. The number of Topliss-reactive ketones (excluding diaryl/α,β-unsaturated/α-hetero) is 1. The molecule has 0 atom stereocenters. The first-order valence-corrected chi connectivity index (χ1v) is 7.34. The Morgan fingerprint density at radius 2 is 1.83 bits per heavy atom. The van der Waals surface area contributed by atoms with Gasteiger partial charge in [0.25, 0.3) is 5.78 Å². The van der Waals surface area contributed by atoms with Gasteiger partial charge in [-0.1, -0.05) is 12.1 Å². The first-order chi connectivity index (χ1) is 11.7. The lowest BCUT2D eigenvalue weighted by atomic mass is 10.1. The fraction of sp³-hybridized carbons (Fsp3) is 0.111. The van der Waals surface area contributed by atoms with Crippen molar-refractivity contribution < 1.29 is 18.7 Å². The number of hydrogen-bond donors (Lipinski definition) is 1. The van der Waals surface area contributed by atoms with Gasteiger partial charge < -0.3 is 10.5 Å². The largest absolute Gasteiger partial charge is 0.489 e. The van der Waals surface area contributed by atoms with Crippen molar-refractivity contribution in [2.24, 2.45) is 5.73 Å². The molecule has 1 heterocycles. The third kappa shape index (κ3) is 2.79. The topological polar surface area (TPSA) is 72.6 Å². The van der Waals surface area contributed by atoms with Crippen LogP contribution >= 0.6 is 0 Å².